The van der Waals surface area contributed by atoms with E-state index >= 15 is 0 Å². The molecular weight excluding hydrogens is 317 g/mol. The number of hydrogen-bond acceptors (Lipinski definition) is 2. The standard InChI is InChI=1S/C17H23ClFN3O/c18-15-11-13(5-6-16(15)19)12-20-17(23)22-9-7-21(8-10-22)14-3-1-2-4-14/h5-6,11,14H,1-4,7-10,12H2,(H,20,23). The predicted octanol–water partition coefficient (Wildman–Crippen LogP) is 3.25. The number of urea groups is 1. The van der Waals surface area contributed by atoms with E-state index in [1.54, 1.807) is 12.1 Å². The number of carbonyl (C=O) groups is 1. The summed E-state index contributed by atoms with van der Waals surface area (Å²) in [7, 11) is 0. The van der Waals surface area contributed by atoms with E-state index in [0.29, 0.717) is 6.54 Å². The molecule has 1 heterocycles. The monoisotopic (exact) mass is 339 g/mol. The third kappa shape index (κ3) is 4.15. The summed E-state index contributed by atoms with van der Waals surface area (Å²) < 4.78 is 13.1. The molecule has 1 saturated heterocycles. The molecule has 0 radical (unpaired) electrons. The van der Waals surface area contributed by atoms with E-state index in [1.165, 1.54) is 31.7 Å². The SMILES string of the molecule is O=C(NCc1ccc(F)c(Cl)c1)N1CCN(C2CCCC2)CC1. The van der Waals surface area contributed by atoms with Crippen molar-refractivity contribution in [1.82, 2.24) is 15.1 Å². The largest absolute Gasteiger partial charge is 0.334 e. The Morgan fingerprint density at radius 3 is 2.57 bits per heavy atom. The number of nitrogens with one attached hydrogen (secondary N) is 1. The molecule has 3 rings (SSSR count). The van der Waals surface area contributed by atoms with Gasteiger partial charge in [-0.2, -0.15) is 0 Å². The molecule has 6 heteroatoms. The van der Waals surface area contributed by atoms with Gasteiger partial charge in [0, 0.05) is 38.8 Å². The van der Waals surface area contributed by atoms with Gasteiger partial charge in [0.1, 0.15) is 5.82 Å². The first kappa shape index (κ1) is 16.5. The maximum atomic E-state index is 13.1. The quantitative estimate of drug-likeness (QED) is 0.917. The molecule has 1 aromatic carbocycles. The minimum Gasteiger partial charge on any atom is -0.334 e. The lowest BCUT2D eigenvalue weighted by Gasteiger charge is -2.38. The van der Waals surface area contributed by atoms with Crippen molar-refractivity contribution in [2.75, 3.05) is 26.2 Å². The summed E-state index contributed by atoms with van der Waals surface area (Å²) in [6, 6.07) is 5.18. The van der Waals surface area contributed by atoms with Crippen LogP contribution in [-0.4, -0.2) is 48.1 Å². The normalized spacial score (nSPS) is 20.0. The van der Waals surface area contributed by atoms with Crippen molar-refractivity contribution in [3.63, 3.8) is 0 Å². The van der Waals surface area contributed by atoms with Crippen LogP contribution < -0.4 is 5.32 Å². The van der Waals surface area contributed by atoms with Crippen molar-refractivity contribution in [3.8, 4) is 0 Å². The molecule has 0 aromatic heterocycles. The van der Waals surface area contributed by atoms with Crippen LogP contribution in [0.5, 0.6) is 0 Å². The Balaban J connectivity index is 1.44. The zero-order valence-electron chi connectivity index (χ0n) is 13.2. The van der Waals surface area contributed by atoms with E-state index in [9.17, 15) is 9.18 Å². The second-order valence-electron chi connectivity index (χ2n) is 6.37. The van der Waals surface area contributed by atoms with Crippen LogP contribution in [0, 0.1) is 5.82 Å². The summed E-state index contributed by atoms with van der Waals surface area (Å²) >= 11 is 5.75. The third-order valence-electron chi connectivity index (χ3n) is 4.87. The highest BCUT2D eigenvalue weighted by molar-refractivity contribution is 6.30. The van der Waals surface area contributed by atoms with Gasteiger partial charge in [-0.25, -0.2) is 9.18 Å². The van der Waals surface area contributed by atoms with E-state index in [-0.39, 0.29) is 11.1 Å². The maximum Gasteiger partial charge on any atom is 0.317 e. The molecule has 0 unspecified atom stereocenters. The average molecular weight is 340 g/mol. The third-order valence-corrected chi connectivity index (χ3v) is 5.16. The smallest absolute Gasteiger partial charge is 0.317 e. The van der Waals surface area contributed by atoms with Crippen LogP contribution >= 0.6 is 11.6 Å². The molecule has 1 saturated carbocycles. The van der Waals surface area contributed by atoms with E-state index in [0.717, 1.165) is 37.8 Å². The number of piperazine rings is 1. The molecule has 2 amide bonds. The number of benzene rings is 1. The molecule has 23 heavy (non-hydrogen) atoms. The Kier molecular flexibility index (Phi) is 5.38. The molecule has 2 aliphatic rings. The number of nitrogens with zero attached hydrogens (tertiary/aromatic N) is 2. The molecule has 4 nitrogen and oxygen atoms in total. The Labute approximate surface area is 141 Å². The van der Waals surface area contributed by atoms with Crippen molar-refractivity contribution in [2.24, 2.45) is 0 Å². The molecule has 1 aliphatic carbocycles. The van der Waals surface area contributed by atoms with Crippen molar-refractivity contribution in [1.29, 1.82) is 0 Å². The van der Waals surface area contributed by atoms with Gasteiger partial charge >= 0.3 is 6.03 Å². The summed E-state index contributed by atoms with van der Waals surface area (Å²) in [5.74, 6) is -0.440. The van der Waals surface area contributed by atoms with Crippen LogP contribution in [0.1, 0.15) is 31.2 Å². The lowest BCUT2D eigenvalue weighted by molar-refractivity contribution is 0.109. The Hall–Kier alpha value is -1.33. The maximum absolute atomic E-state index is 13.1. The van der Waals surface area contributed by atoms with Crippen LogP contribution in [0.15, 0.2) is 18.2 Å². The van der Waals surface area contributed by atoms with Crippen LogP contribution in [0.2, 0.25) is 5.02 Å². The number of carbonyl (C=O) groups excluding carboxylic acids is 1. The summed E-state index contributed by atoms with van der Waals surface area (Å²) in [6.45, 7) is 3.82. The van der Waals surface area contributed by atoms with Crippen LogP contribution in [0.25, 0.3) is 0 Å². The first-order valence-electron chi connectivity index (χ1n) is 8.34. The Bertz CT molecular complexity index is 555. The van der Waals surface area contributed by atoms with Gasteiger partial charge in [-0.3, -0.25) is 4.90 Å². The fraction of sp³-hybridized carbons (Fsp3) is 0.588. The number of amides is 2. The van der Waals surface area contributed by atoms with Crippen molar-refractivity contribution in [2.45, 2.75) is 38.3 Å². The Morgan fingerprint density at radius 1 is 1.22 bits per heavy atom. The highest BCUT2D eigenvalue weighted by atomic mass is 35.5. The van der Waals surface area contributed by atoms with Gasteiger partial charge in [0.05, 0.1) is 5.02 Å². The molecule has 126 valence electrons. The zero-order chi connectivity index (χ0) is 16.2. The Morgan fingerprint density at radius 2 is 1.91 bits per heavy atom. The lowest BCUT2D eigenvalue weighted by atomic mass is 10.2. The molecule has 0 bridgehead atoms. The van der Waals surface area contributed by atoms with E-state index in [4.69, 9.17) is 11.6 Å². The summed E-state index contributed by atoms with van der Waals surface area (Å²) in [6.07, 6.45) is 5.28. The van der Waals surface area contributed by atoms with Crippen molar-refractivity contribution in [3.05, 3.63) is 34.6 Å². The lowest BCUT2D eigenvalue weighted by Crippen LogP contribution is -2.53. The van der Waals surface area contributed by atoms with Gasteiger partial charge in [0.25, 0.3) is 0 Å². The first-order chi connectivity index (χ1) is 11.1. The summed E-state index contributed by atoms with van der Waals surface area (Å²) in [5, 5.41) is 2.97. The van der Waals surface area contributed by atoms with Gasteiger partial charge in [-0.1, -0.05) is 30.5 Å². The predicted molar refractivity (Wildman–Crippen MR) is 89.0 cm³/mol. The van der Waals surface area contributed by atoms with E-state index < -0.39 is 5.82 Å². The van der Waals surface area contributed by atoms with Gasteiger partial charge in [0.15, 0.2) is 0 Å². The minimum absolute atomic E-state index is 0.0588. The summed E-state index contributed by atoms with van der Waals surface area (Å²) in [5.41, 5.74) is 0.800. The molecule has 1 N–H and O–H groups in total. The van der Waals surface area contributed by atoms with Crippen LogP contribution in [0.3, 0.4) is 0 Å². The van der Waals surface area contributed by atoms with E-state index in [1.807, 2.05) is 4.90 Å². The van der Waals surface area contributed by atoms with Crippen molar-refractivity contribution >= 4 is 17.6 Å². The van der Waals surface area contributed by atoms with Gasteiger partial charge in [-0.15, -0.1) is 0 Å². The van der Waals surface area contributed by atoms with Crippen LogP contribution in [-0.2, 0) is 6.54 Å². The van der Waals surface area contributed by atoms with Gasteiger partial charge < -0.3 is 10.2 Å². The molecule has 0 spiro atoms. The fourth-order valence-electron chi connectivity index (χ4n) is 3.50. The molecule has 0 atom stereocenters. The van der Waals surface area contributed by atoms with E-state index in [2.05, 4.69) is 10.2 Å². The molecular formula is C17H23ClFN3O. The summed E-state index contributed by atoms with van der Waals surface area (Å²) in [4.78, 5) is 16.6. The van der Waals surface area contributed by atoms with Crippen molar-refractivity contribution < 1.29 is 9.18 Å². The first-order valence-corrected chi connectivity index (χ1v) is 8.72. The highest BCUT2D eigenvalue weighted by Gasteiger charge is 2.27. The van der Waals surface area contributed by atoms with Gasteiger partial charge in [-0.05, 0) is 30.5 Å². The molecule has 1 aliphatic heterocycles. The second kappa shape index (κ2) is 7.49. The fourth-order valence-corrected chi connectivity index (χ4v) is 3.70. The number of halogens is 2. The number of hydrogen-bond donors (Lipinski definition) is 1. The minimum atomic E-state index is -0.440. The van der Waals surface area contributed by atoms with Gasteiger partial charge in [0.2, 0.25) is 0 Å². The topological polar surface area (TPSA) is 35.6 Å². The second-order valence-corrected chi connectivity index (χ2v) is 6.78. The number of rotatable bonds is 3. The van der Waals surface area contributed by atoms with Crippen LogP contribution in [0.4, 0.5) is 9.18 Å². The average Bonchev–Trinajstić information content (AvgIpc) is 3.10. The molecule has 2 fully saturated rings. The molecule has 1 aromatic rings. The highest BCUT2D eigenvalue weighted by Crippen LogP contribution is 2.24. The zero-order valence-corrected chi connectivity index (χ0v) is 14.0.